The van der Waals surface area contributed by atoms with Crippen LogP contribution in [0.15, 0.2) is 54.6 Å². The second-order valence-electron chi connectivity index (χ2n) is 6.17. The highest BCUT2D eigenvalue weighted by Crippen LogP contribution is 2.10. The minimum atomic E-state index is -3.59. The molecule has 1 amide bonds. The summed E-state index contributed by atoms with van der Waals surface area (Å²) in [6.45, 7) is 0.173. The monoisotopic (exact) mass is 378 g/mol. The lowest BCUT2D eigenvalue weighted by atomic mass is 10.1. The van der Waals surface area contributed by atoms with E-state index in [-0.39, 0.29) is 31.2 Å². The van der Waals surface area contributed by atoms with Crippen molar-refractivity contribution in [2.75, 3.05) is 26.4 Å². The molecule has 7 heteroatoms. The summed E-state index contributed by atoms with van der Waals surface area (Å²) in [5.41, 5.74) is 1.38. The SMILES string of the molecule is CN(Cc1ccccc1)C(=O)CN(CCc1ccccc1F)S(C)(=O)=O. The van der Waals surface area contributed by atoms with E-state index in [4.69, 9.17) is 0 Å². The van der Waals surface area contributed by atoms with Crippen molar-refractivity contribution in [3.8, 4) is 0 Å². The molecular weight excluding hydrogens is 355 g/mol. The van der Waals surface area contributed by atoms with Crippen LogP contribution in [0.4, 0.5) is 4.39 Å². The van der Waals surface area contributed by atoms with Crippen molar-refractivity contribution in [1.29, 1.82) is 0 Å². The minimum Gasteiger partial charge on any atom is -0.340 e. The fourth-order valence-corrected chi connectivity index (χ4v) is 3.29. The maximum Gasteiger partial charge on any atom is 0.237 e. The van der Waals surface area contributed by atoms with E-state index in [1.54, 1.807) is 25.2 Å². The molecule has 0 saturated heterocycles. The molecule has 0 fully saturated rings. The number of rotatable bonds is 8. The Labute approximate surface area is 154 Å². The van der Waals surface area contributed by atoms with Gasteiger partial charge in [0, 0.05) is 20.1 Å². The molecule has 0 bridgehead atoms. The molecule has 0 aliphatic carbocycles. The van der Waals surface area contributed by atoms with E-state index >= 15 is 0 Å². The number of amides is 1. The van der Waals surface area contributed by atoms with Crippen LogP contribution in [0.3, 0.4) is 0 Å². The van der Waals surface area contributed by atoms with Gasteiger partial charge in [-0.2, -0.15) is 4.31 Å². The molecule has 0 aliphatic rings. The van der Waals surface area contributed by atoms with Crippen LogP contribution in [0.5, 0.6) is 0 Å². The zero-order chi connectivity index (χ0) is 19.2. The van der Waals surface area contributed by atoms with Crippen molar-refractivity contribution in [1.82, 2.24) is 9.21 Å². The third-order valence-electron chi connectivity index (χ3n) is 4.06. The van der Waals surface area contributed by atoms with Crippen molar-refractivity contribution in [3.63, 3.8) is 0 Å². The van der Waals surface area contributed by atoms with Gasteiger partial charge in [-0.05, 0) is 23.6 Å². The fraction of sp³-hybridized carbons (Fsp3) is 0.316. The smallest absolute Gasteiger partial charge is 0.237 e. The van der Waals surface area contributed by atoms with Gasteiger partial charge in [0.2, 0.25) is 15.9 Å². The lowest BCUT2D eigenvalue weighted by Crippen LogP contribution is -2.41. The Balaban J connectivity index is 2.01. The number of carbonyl (C=O) groups excluding carboxylic acids is 1. The largest absolute Gasteiger partial charge is 0.340 e. The highest BCUT2D eigenvalue weighted by Gasteiger charge is 2.22. The molecule has 0 unspecified atom stereocenters. The molecule has 5 nitrogen and oxygen atoms in total. The maximum absolute atomic E-state index is 13.7. The predicted octanol–water partition coefficient (Wildman–Crippen LogP) is 2.29. The first-order valence-corrected chi connectivity index (χ1v) is 10.1. The topological polar surface area (TPSA) is 57.7 Å². The summed E-state index contributed by atoms with van der Waals surface area (Å²) in [7, 11) is -1.95. The van der Waals surface area contributed by atoms with Gasteiger partial charge in [0.05, 0.1) is 12.8 Å². The quantitative estimate of drug-likeness (QED) is 0.708. The third kappa shape index (κ3) is 5.93. The number of likely N-dealkylation sites (N-methyl/N-ethyl adjacent to an activating group) is 1. The molecule has 0 heterocycles. The van der Waals surface area contributed by atoms with E-state index in [9.17, 15) is 17.6 Å². The first-order chi connectivity index (χ1) is 12.3. The fourth-order valence-electron chi connectivity index (χ4n) is 2.53. The molecule has 2 aromatic rings. The number of sulfonamides is 1. The van der Waals surface area contributed by atoms with E-state index in [0.29, 0.717) is 12.1 Å². The van der Waals surface area contributed by atoms with E-state index in [0.717, 1.165) is 16.1 Å². The molecule has 0 radical (unpaired) electrons. The number of benzene rings is 2. The van der Waals surface area contributed by atoms with Crippen LogP contribution in [0.25, 0.3) is 0 Å². The van der Waals surface area contributed by atoms with E-state index in [1.165, 1.54) is 11.0 Å². The average Bonchev–Trinajstić information content (AvgIpc) is 2.59. The summed E-state index contributed by atoms with van der Waals surface area (Å²) < 4.78 is 38.8. The van der Waals surface area contributed by atoms with Crippen LogP contribution in [0, 0.1) is 5.82 Å². The average molecular weight is 378 g/mol. The van der Waals surface area contributed by atoms with Gasteiger partial charge in [0.1, 0.15) is 5.82 Å². The summed E-state index contributed by atoms with van der Waals surface area (Å²) >= 11 is 0. The molecule has 140 valence electrons. The molecule has 2 rings (SSSR count). The van der Waals surface area contributed by atoms with Gasteiger partial charge in [0.25, 0.3) is 0 Å². The van der Waals surface area contributed by atoms with Gasteiger partial charge in [-0.3, -0.25) is 4.79 Å². The maximum atomic E-state index is 13.7. The second-order valence-corrected chi connectivity index (χ2v) is 8.16. The predicted molar refractivity (Wildman–Crippen MR) is 99.4 cm³/mol. The van der Waals surface area contributed by atoms with Crippen LogP contribution in [0.2, 0.25) is 0 Å². The van der Waals surface area contributed by atoms with Gasteiger partial charge >= 0.3 is 0 Å². The van der Waals surface area contributed by atoms with Crippen LogP contribution >= 0.6 is 0 Å². The summed E-state index contributed by atoms with van der Waals surface area (Å²) in [6, 6.07) is 15.7. The first-order valence-electron chi connectivity index (χ1n) is 8.24. The zero-order valence-corrected chi connectivity index (χ0v) is 15.7. The van der Waals surface area contributed by atoms with Crippen LogP contribution in [0.1, 0.15) is 11.1 Å². The summed E-state index contributed by atoms with van der Waals surface area (Å²) in [6.07, 6.45) is 1.26. The molecule has 0 N–H and O–H groups in total. The molecule has 0 saturated carbocycles. The molecular formula is C19H23FN2O3S. The Morgan fingerprint density at radius 3 is 2.27 bits per heavy atom. The Morgan fingerprint density at radius 2 is 1.65 bits per heavy atom. The summed E-state index contributed by atoms with van der Waals surface area (Å²) in [4.78, 5) is 13.9. The van der Waals surface area contributed by atoms with Crippen molar-refractivity contribution >= 4 is 15.9 Å². The molecule has 26 heavy (non-hydrogen) atoms. The van der Waals surface area contributed by atoms with Crippen molar-refractivity contribution < 1.29 is 17.6 Å². The Bertz CT molecular complexity index is 841. The third-order valence-corrected chi connectivity index (χ3v) is 5.31. The Kier molecular flexibility index (Phi) is 6.88. The van der Waals surface area contributed by atoms with Gasteiger partial charge in [-0.15, -0.1) is 0 Å². The van der Waals surface area contributed by atoms with Gasteiger partial charge in [-0.25, -0.2) is 12.8 Å². The lowest BCUT2D eigenvalue weighted by molar-refractivity contribution is -0.130. The Hall–Kier alpha value is -2.25. The van der Waals surface area contributed by atoms with Crippen LogP contribution in [-0.4, -0.2) is 49.9 Å². The zero-order valence-electron chi connectivity index (χ0n) is 14.9. The highest BCUT2D eigenvalue weighted by molar-refractivity contribution is 7.88. The Morgan fingerprint density at radius 1 is 1.04 bits per heavy atom. The van der Waals surface area contributed by atoms with Gasteiger partial charge < -0.3 is 4.90 Å². The van der Waals surface area contributed by atoms with E-state index < -0.39 is 10.0 Å². The summed E-state index contributed by atoms with van der Waals surface area (Å²) in [5, 5.41) is 0. The number of hydrogen-bond acceptors (Lipinski definition) is 3. The number of hydrogen-bond donors (Lipinski definition) is 0. The van der Waals surface area contributed by atoms with Crippen LogP contribution in [-0.2, 0) is 27.8 Å². The summed E-state index contributed by atoms with van der Waals surface area (Å²) in [5.74, 6) is -0.693. The van der Waals surface area contributed by atoms with E-state index in [1.807, 2.05) is 30.3 Å². The highest BCUT2D eigenvalue weighted by atomic mass is 32.2. The van der Waals surface area contributed by atoms with Gasteiger partial charge in [-0.1, -0.05) is 48.5 Å². The minimum absolute atomic E-state index is 0.0463. The van der Waals surface area contributed by atoms with Crippen molar-refractivity contribution in [2.24, 2.45) is 0 Å². The van der Waals surface area contributed by atoms with Crippen LogP contribution < -0.4 is 0 Å². The number of halogens is 1. The molecule has 0 atom stereocenters. The second kappa shape index (κ2) is 8.91. The standard InChI is InChI=1S/C19H23FN2O3S/c1-21(14-16-8-4-3-5-9-16)19(23)15-22(26(2,24)25)13-12-17-10-6-7-11-18(17)20/h3-11H,12-15H2,1-2H3. The normalized spacial score (nSPS) is 11.5. The number of carbonyl (C=O) groups is 1. The van der Waals surface area contributed by atoms with Crippen molar-refractivity contribution in [3.05, 3.63) is 71.5 Å². The number of nitrogens with zero attached hydrogens (tertiary/aromatic N) is 2. The first kappa shape index (κ1) is 20.1. The molecule has 0 aliphatic heterocycles. The molecule has 0 spiro atoms. The molecule has 0 aromatic heterocycles. The van der Waals surface area contributed by atoms with Gasteiger partial charge in [0.15, 0.2) is 0 Å². The lowest BCUT2D eigenvalue weighted by Gasteiger charge is -2.23. The molecule has 2 aromatic carbocycles. The van der Waals surface area contributed by atoms with Crippen molar-refractivity contribution in [2.45, 2.75) is 13.0 Å². The van der Waals surface area contributed by atoms with E-state index in [2.05, 4.69) is 0 Å².